The fraction of sp³-hybridized carbons (Fsp3) is 0.909. The molecule has 4 heteroatoms. The minimum absolute atomic E-state index is 0.134. The first-order chi connectivity index (χ1) is 6.80. The van der Waals surface area contributed by atoms with Gasteiger partial charge in [0.2, 0.25) is 0 Å². The lowest BCUT2D eigenvalue weighted by Crippen LogP contribution is -2.40. The molecule has 1 aliphatic rings. The number of rotatable bonds is 2. The molecule has 0 saturated carbocycles. The van der Waals surface area contributed by atoms with Gasteiger partial charge in [-0.1, -0.05) is 13.8 Å². The SMILES string of the molecule is CN1CC(CC(=O)O)N(C)CC(C)(C)C1. The van der Waals surface area contributed by atoms with E-state index in [0.29, 0.717) is 0 Å². The van der Waals surface area contributed by atoms with Gasteiger partial charge < -0.3 is 14.9 Å². The molecule has 0 bridgehead atoms. The first-order valence-electron chi connectivity index (χ1n) is 5.41. The lowest BCUT2D eigenvalue weighted by molar-refractivity contribution is -0.138. The first-order valence-corrected chi connectivity index (χ1v) is 5.41. The monoisotopic (exact) mass is 214 g/mol. The van der Waals surface area contributed by atoms with E-state index in [4.69, 9.17) is 5.11 Å². The molecule has 0 aliphatic carbocycles. The fourth-order valence-electron chi connectivity index (χ4n) is 2.57. The Hall–Kier alpha value is -0.610. The van der Waals surface area contributed by atoms with Gasteiger partial charge in [-0.2, -0.15) is 0 Å². The van der Waals surface area contributed by atoms with Crippen LogP contribution in [0.5, 0.6) is 0 Å². The van der Waals surface area contributed by atoms with Gasteiger partial charge in [-0.15, -0.1) is 0 Å². The van der Waals surface area contributed by atoms with Crippen LogP contribution in [0.1, 0.15) is 20.3 Å². The van der Waals surface area contributed by atoms with Gasteiger partial charge in [0, 0.05) is 25.7 Å². The van der Waals surface area contributed by atoms with Crippen molar-refractivity contribution in [2.24, 2.45) is 5.41 Å². The minimum Gasteiger partial charge on any atom is -0.481 e. The standard InChI is InChI=1S/C11H22N2O2/c1-11(2)7-12(3)6-9(5-10(14)15)13(4)8-11/h9H,5-8H2,1-4H3,(H,14,15). The highest BCUT2D eigenvalue weighted by molar-refractivity contribution is 5.67. The van der Waals surface area contributed by atoms with Crippen LogP contribution in [-0.4, -0.2) is 60.6 Å². The van der Waals surface area contributed by atoms with E-state index in [2.05, 4.69) is 30.7 Å². The number of aliphatic carboxylic acids is 1. The smallest absolute Gasteiger partial charge is 0.304 e. The quantitative estimate of drug-likeness (QED) is 0.736. The number of hydrogen-bond donors (Lipinski definition) is 1. The second kappa shape index (κ2) is 4.49. The summed E-state index contributed by atoms with van der Waals surface area (Å²) in [5.74, 6) is -0.708. The van der Waals surface area contributed by atoms with E-state index in [1.807, 2.05) is 7.05 Å². The third-order valence-corrected chi connectivity index (χ3v) is 2.93. The molecule has 0 aromatic carbocycles. The Balaban J connectivity index is 2.70. The van der Waals surface area contributed by atoms with Crippen molar-refractivity contribution >= 4 is 5.97 Å². The Kier molecular flexibility index (Phi) is 3.73. The van der Waals surface area contributed by atoms with Crippen molar-refractivity contribution in [1.29, 1.82) is 0 Å². The molecule has 0 aromatic rings. The van der Waals surface area contributed by atoms with E-state index in [-0.39, 0.29) is 17.9 Å². The Bertz CT molecular complexity index is 241. The van der Waals surface area contributed by atoms with Gasteiger partial charge in [0.25, 0.3) is 0 Å². The van der Waals surface area contributed by atoms with Crippen LogP contribution in [0.3, 0.4) is 0 Å². The van der Waals surface area contributed by atoms with Crippen LogP contribution in [0.4, 0.5) is 0 Å². The Morgan fingerprint density at radius 1 is 1.40 bits per heavy atom. The number of carbonyl (C=O) groups is 1. The average molecular weight is 214 g/mol. The highest BCUT2D eigenvalue weighted by atomic mass is 16.4. The van der Waals surface area contributed by atoms with Gasteiger partial charge in [-0.25, -0.2) is 0 Å². The van der Waals surface area contributed by atoms with Gasteiger partial charge >= 0.3 is 5.97 Å². The van der Waals surface area contributed by atoms with Crippen LogP contribution in [0.2, 0.25) is 0 Å². The maximum Gasteiger partial charge on any atom is 0.304 e. The molecule has 88 valence electrons. The topological polar surface area (TPSA) is 43.8 Å². The summed E-state index contributed by atoms with van der Waals surface area (Å²) in [5.41, 5.74) is 0.233. The van der Waals surface area contributed by atoms with E-state index in [9.17, 15) is 4.79 Å². The molecule has 1 N–H and O–H groups in total. The maximum absolute atomic E-state index is 10.7. The summed E-state index contributed by atoms with van der Waals surface area (Å²) in [6.07, 6.45) is 0.233. The molecule has 1 heterocycles. The molecule has 15 heavy (non-hydrogen) atoms. The van der Waals surface area contributed by atoms with Crippen molar-refractivity contribution in [1.82, 2.24) is 9.80 Å². The zero-order valence-electron chi connectivity index (χ0n) is 10.2. The van der Waals surface area contributed by atoms with Crippen molar-refractivity contribution in [3.63, 3.8) is 0 Å². The summed E-state index contributed by atoms with van der Waals surface area (Å²) in [4.78, 5) is 15.2. The van der Waals surface area contributed by atoms with Crippen molar-refractivity contribution in [3.05, 3.63) is 0 Å². The molecule has 1 unspecified atom stereocenters. The second-order valence-electron chi connectivity index (χ2n) is 5.53. The predicted octanol–water partition coefficient (Wildman–Crippen LogP) is 0.733. The van der Waals surface area contributed by atoms with Crippen LogP contribution in [-0.2, 0) is 4.79 Å². The molecule has 0 amide bonds. The minimum atomic E-state index is -0.708. The van der Waals surface area contributed by atoms with Gasteiger partial charge in [-0.05, 0) is 19.5 Å². The van der Waals surface area contributed by atoms with Gasteiger partial charge in [0.1, 0.15) is 0 Å². The molecule has 0 radical (unpaired) electrons. The summed E-state index contributed by atoms with van der Waals surface area (Å²) >= 11 is 0. The summed E-state index contributed by atoms with van der Waals surface area (Å²) in [7, 11) is 4.09. The molecule has 0 aromatic heterocycles. The Labute approximate surface area is 91.9 Å². The summed E-state index contributed by atoms with van der Waals surface area (Å²) in [5, 5.41) is 8.85. The van der Waals surface area contributed by atoms with Crippen molar-refractivity contribution in [2.45, 2.75) is 26.3 Å². The highest BCUT2D eigenvalue weighted by Crippen LogP contribution is 2.23. The van der Waals surface area contributed by atoms with Crippen LogP contribution < -0.4 is 0 Å². The van der Waals surface area contributed by atoms with Gasteiger partial charge in [-0.3, -0.25) is 4.79 Å². The molecule has 1 fully saturated rings. The van der Waals surface area contributed by atoms with Crippen LogP contribution in [0.25, 0.3) is 0 Å². The Morgan fingerprint density at radius 3 is 2.53 bits per heavy atom. The second-order valence-corrected chi connectivity index (χ2v) is 5.53. The first kappa shape index (κ1) is 12.5. The molecular weight excluding hydrogens is 192 g/mol. The Morgan fingerprint density at radius 2 is 2.00 bits per heavy atom. The number of likely N-dealkylation sites (N-methyl/N-ethyl adjacent to an activating group) is 2. The number of carboxylic acid groups (broad SMARTS) is 1. The van der Waals surface area contributed by atoms with E-state index >= 15 is 0 Å². The van der Waals surface area contributed by atoms with Crippen molar-refractivity contribution < 1.29 is 9.90 Å². The van der Waals surface area contributed by atoms with Crippen LogP contribution >= 0.6 is 0 Å². The molecule has 1 atom stereocenters. The fourth-order valence-corrected chi connectivity index (χ4v) is 2.57. The number of nitrogens with zero attached hydrogens (tertiary/aromatic N) is 2. The molecule has 1 aliphatic heterocycles. The van der Waals surface area contributed by atoms with E-state index in [0.717, 1.165) is 19.6 Å². The summed E-state index contributed by atoms with van der Waals surface area (Å²) < 4.78 is 0. The van der Waals surface area contributed by atoms with E-state index < -0.39 is 5.97 Å². The molecule has 0 spiro atoms. The molecule has 4 nitrogen and oxygen atoms in total. The molecule has 1 saturated heterocycles. The van der Waals surface area contributed by atoms with Crippen LogP contribution in [0, 0.1) is 5.41 Å². The lowest BCUT2D eigenvalue weighted by atomic mass is 9.93. The number of hydrogen-bond acceptors (Lipinski definition) is 3. The van der Waals surface area contributed by atoms with Crippen molar-refractivity contribution in [3.8, 4) is 0 Å². The highest BCUT2D eigenvalue weighted by Gasteiger charge is 2.31. The molecular formula is C11H22N2O2. The summed E-state index contributed by atoms with van der Waals surface area (Å²) in [6.45, 7) is 7.27. The lowest BCUT2D eigenvalue weighted by Gasteiger charge is -2.29. The van der Waals surface area contributed by atoms with E-state index in [1.165, 1.54) is 0 Å². The van der Waals surface area contributed by atoms with E-state index in [1.54, 1.807) is 0 Å². The van der Waals surface area contributed by atoms with Crippen molar-refractivity contribution in [2.75, 3.05) is 33.7 Å². The maximum atomic E-state index is 10.7. The van der Waals surface area contributed by atoms with Crippen LogP contribution in [0.15, 0.2) is 0 Å². The normalized spacial score (nSPS) is 28.7. The predicted molar refractivity (Wildman–Crippen MR) is 59.9 cm³/mol. The zero-order chi connectivity index (χ0) is 11.6. The summed E-state index contributed by atoms with van der Waals surface area (Å²) in [6, 6.07) is 0.134. The largest absolute Gasteiger partial charge is 0.481 e. The third kappa shape index (κ3) is 3.80. The van der Waals surface area contributed by atoms with Gasteiger partial charge in [0.05, 0.1) is 6.42 Å². The molecule has 1 rings (SSSR count). The number of carboxylic acids is 1. The van der Waals surface area contributed by atoms with Gasteiger partial charge in [0.15, 0.2) is 0 Å². The zero-order valence-corrected chi connectivity index (χ0v) is 10.2. The average Bonchev–Trinajstić information content (AvgIpc) is 2.06. The third-order valence-electron chi connectivity index (χ3n) is 2.93.